The zero-order valence-corrected chi connectivity index (χ0v) is 11.9. The van der Waals surface area contributed by atoms with Crippen molar-refractivity contribution in [1.82, 2.24) is 0 Å². The van der Waals surface area contributed by atoms with Crippen molar-refractivity contribution in [3.05, 3.63) is 23.2 Å². The average Bonchev–Trinajstić information content (AvgIpc) is 2.27. The molecule has 2 unspecified atom stereocenters. The van der Waals surface area contributed by atoms with E-state index >= 15 is 0 Å². The smallest absolute Gasteiger partial charge is 0.0741 e. The Bertz CT molecular complexity index is 368. The van der Waals surface area contributed by atoms with Gasteiger partial charge in [0.2, 0.25) is 0 Å². The fraction of sp³-hybridized carbons (Fsp3) is 0.538. The molecule has 1 rings (SSSR count). The summed E-state index contributed by atoms with van der Waals surface area (Å²) in [7, 11) is 5.67. The molecule has 0 radical (unpaired) electrons. The maximum Gasteiger partial charge on any atom is 0.0741 e. The van der Waals surface area contributed by atoms with Crippen LogP contribution in [0.2, 0.25) is 5.02 Å². The lowest BCUT2D eigenvalue weighted by atomic mass is 10.2. The molecule has 0 saturated carbocycles. The Hall–Kier alpha value is -0.930. The van der Waals surface area contributed by atoms with E-state index in [0.717, 1.165) is 16.4 Å². The molecule has 0 aliphatic rings. The molecule has 17 heavy (non-hydrogen) atoms. The molecular formula is C13H21ClN2O. The second-order valence-corrected chi connectivity index (χ2v) is 4.84. The Morgan fingerprint density at radius 2 is 1.94 bits per heavy atom. The zero-order chi connectivity index (χ0) is 13.0. The van der Waals surface area contributed by atoms with E-state index in [4.69, 9.17) is 16.3 Å². The van der Waals surface area contributed by atoms with Crippen molar-refractivity contribution in [1.29, 1.82) is 0 Å². The van der Waals surface area contributed by atoms with Gasteiger partial charge in [0.05, 0.1) is 16.8 Å². The number of halogens is 1. The number of hydrogen-bond acceptors (Lipinski definition) is 3. The molecule has 0 aromatic heterocycles. The Morgan fingerprint density at radius 1 is 1.29 bits per heavy atom. The van der Waals surface area contributed by atoms with E-state index in [0.29, 0.717) is 0 Å². The van der Waals surface area contributed by atoms with Gasteiger partial charge in [0.1, 0.15) is 0 Å². The van der Waals surface area contributed by atoms with E-state index in [1.165, 1.54) is 0 Å². The molecule has 0 amide bonds. The van der Waals surface area contributed by atoms with Crippen LogP contribution in [0.15, 0.2) is 18.2 Å². The summed E-state index contributed by atoms with van der Waals surface area (Å²) in [4.78, 5) is 1.99. The van der Waals surface area contributed by atoms with Gasteiger partial charge in [-0.3, -0.25) is 0 Å². The number of methoxy groups -OCH3 is 1. The van der Waals surface area contributed by atoms with Crippen molar-refractivity contribution in [3.63, 3.8) is 0 Å². The highest BCUT2D eigenvalue weighted by molar-refractivity contribution is 6.33. The minimum absolute atomic E-state index is 0.155. The van der Waals surface area contributed by atoms with Crippen LogP contribution in [0, 0.1) is 0 Å². The fourth-order valence-corrected chi connectivity index (χ4v) is 1.89. The van der Waals surface area contributed by atoms with Gasteiger partial charge in [-0.05, 0) is 32.0 Å². The minimum atomic E-state index is 0.155. The summed E-state index contributed by atoms with van der Waals surface area (Å²) in [6.45, 7) is 4.12. The molecule has 0 fully saturated rings. The lowest BCUT2D eigenvalue weighted by Gasteiger charge is -2.22. The molecule has 1 N–H and O–H groups in total. The maximum atomic E-state index is 6.21. The minimum Gasteiger partial charge on any atom is -0.380 e. The van der Waals surface area contributed by atoms with Crippen LogP contribution in [0.1, 0.15) is 13.8 Å². The highest BCUT2D eigenvalue weighted by atomic mass is 35.5. The molecule has 2 atom stereocenters. The summed E-state index contributed by atoms with van der Waals surface area (Å²) >= 11 is 6.21. The molecule has 96 valence electrons. The van der Waals surface area contributed by atoms with E-state index in [1.807, 2.05) is 44.1 Å². The third-order valence-corrected chi connectivity index (χ3v) is 3.20. The molecule has 3 nitrogen and oxygen atoms in total. The van der Waals surface area contributed by atoms with E-state index in [2.05, 4.69) is 12.2 Å². The molecule has 1 aromatic rings. The summed E-state index contributed by atoms with van der Waals surface area (Å²) in [6, 6.07) is 6.21. The van der Waals surface area contributed by atoms with Gasteiger partial charge in [-0.1, -0.05) is 11.6 Å². The van der Waals surface area contributed by atoms with Gasteiger partial charge in [0.25, 0.3) is 0 Å². The lowest BCUT2D eigenvalue weighted by Crippen LogP contribution is -2.29. The van der Waals surface area contributed by atoms with E-state index in [9.17, 15) is 0 Å². The van der Waals surface area contributed by atoms with Crippen LogP contribution in [0.5, 0.6) is 0 Å². The predicted octanol–water partition coefficient (Wildman–Crippen LogP) is 3.24. The summed E-state index contributed by atoms with van der Waals surface area (Å²) in [6.07, 6.45) is 0.155. The number of nitrogens with one attached hydrogen (secondary N) is 1. The maximum absolute atomic E-state index is 6.21. The summed E-state index contributed by atoms with van der Waals surface area (Å²) in [5.74, 6) is 0. The third kappa shape index (κ3) is 3.79. The van der Waals surface area contributed by atoms with Crippen molar-refractivity contribution >= 4 is 23.0 Å². The van der Waals surface area contributed by atoms with Gasteiger partial charge in [0.15, 0.2) is 0 Å². The first kappa shape index (κ1) is 14.1. The molecule has 4 heteroatoms. The molecule has 0 spiro atoms. The molecule has 0 heterocycles. The van der Waals surface area contributed by atoms with Crippen LogP contribution in [-0.2, 0) is 4.74 Å². The standard InChI is InChI=1S/C13H21ClN2O/c1-9(10(2)17-5)15-11-6-7-13(16(3)4)12(14)8-11/h6-10,15H,1-5H3. The Kier molecular flexibility index (Phi) is 5.09. The quantitative estimate of drug-likeness (QED) is 0.875. The van der Waals surface area contributed by atoms with Gasteiger partial charge in [0, 0.05) is 32.9 Å². The van der Waals surface area contributed by atoms with Crippen molar-refractivity contribution in [2.45, 2.75) is 26.0 Å². The first-order valence-corrected chi connectivity index (χ1v) is 6.09. The molecule has 0 bridgehead atoms. The number of benzene rings is 1. The molecule has 1 aromatic carbocycles. The normalized spacial score (nSPS) is 14.2. The van der Waals surface area contributed by atoms with Gasteiger partial charge >= 0.3 is 0 Å². The first-order valence-electron chi connectivity index (χ1n) is 5.72. The van der Waals surface area contributed by atoms with Crippen LogP contribution >= 0.6 is 11.6 Å². The van der Waals surface area contributed by atoms with Crippen LogP contribution in [0.3, 0.4) is 0 Å². The van der Waals surface area contributed by atoms with Crippen molar-refractivity contribution in [2.24, 2.45) is 0 Å². The van der Waals surface area contributed by atoms with Crippen molar-refractivity contribution in [2.75, 3.05) is 31.4 Å². The number of rotatable bonds is 5. The first-order chi connectivity index (χ1) is 7.95. The van der Waals surface area contributed by atoms with Crippen molar-refractivity contribution < 1.29 is 4.74 Å². The van der Waals surface area contributed by atoms with Crippen LogP contribution < -0.4 is 10.2 Å². The highest BCUT2D eigenvalue weighted by Crippen LogP contribution is 2.27. The largest absolute Gasteiger partial charge is 0.380 e. The molecule has 0 saturated heterocycles. The average molecular weight is 257 g/mol. The molecule has 0 aliphatic heterocycles. The number of anilines is 2. The topological polar surface area (TPSA) is 24.5 Å². The lowest BCUT2D eigenvalue weighted by molar-refractivity contribution is 0.106. The van der Waals surface area contributed by atoms with Gasteiger partial charge in [-0.25, -0.2) is 0 Å². The number of ether oxygens (including phenoxy) is 1. The van der Waals surface area contributed by atoms with E-state index in [1.54, 1.807) is 7.11 Å². The Morgan fingerprint density at radius 3 is 2.41 bits per heavy atom. The highest BCUT2D eigenvalue weighted by Gasteiger charge is 2.11. The molecule has 0 aliphatic carbocycles. The fourth-order valence-electron chi connectivity index (χ4n) is 1.54. The van der Waals surface area contributed by atoms with Crippen LogP contribution in [0.25, 0.3) is 0 Å². The monoisotopic (exact) mass is 256 g/mol. The summed E-state index contributed by atoms with van der Waals surface area (Å²) in [5, 5.41) is 4.12. The summed E-state index contributed by atoms with van der Waals surface area (Å²) < 4.78 is 5.27. The second-order valence-electron chi connectivity index (χ2n) is 4.43. The van der Waals surface area contributed by atoms with Crippen molar-refractivity contribution in [3.8, 4) is 0 Å². The van der Waals surface area contributed by atoms with E-state index < -0.39 is 0 Å². The Labute approximate surface area is 109 Å². The van der Waals surface area contributed by atoms with Crippen LogP contribution in [0.4, 0.5) is 11.4 Å². The SMILES string of the molecule is COC(C)C(C)Nc1ccc(N(C)C)c(Cl)c1. The van der Waals surface area contributed by atoms with Crippen LogP contribution in [-0.4, -0.2) is 33.4 Å². The van der Waals surface area contributed by atoms with Gasteiger partial charge < -0.3 is 15.0 Å². The second kappa shape index (κ2) is 6.12. The predicted molar refractivity (Wildman–Crippen MR) is 75.3 cm³/mol. The third-order valence-electron chi connectivity index (χ3n) is 2.90. The Balaban J connectivity index is 2.77. The van der Waals surface area contributed by atoms with E-state index in [-0.39, 0.29) is 12.1 Å². The number of nitrogens with zero attached hydrogens (tertiary/aromatic N) is 1. The van der Waals surface area contributed by atoms with Gasteiger partial charge in [-0.2, -0.15) is 0 Å². The van der Waals surface area contributed by atoms with Gasteiger partial charge in [-0.15, -0.1) is 0 Å². The zero-order valence-electron chi connectivity index (χ0n) is 11.1. The summed E-state index contributed by atoms with van der Waals surface area (Å²) in [5.41, 5.74) is 2.03. The number of hydrogen-bond donors (Lipinski definition) is 1. The molecular weight excluding hydrogens is 236 g/mol.